The molecule has 1 aliphatic heterocycles. The summed E-state index contributed by atoms with van der Waals surface area (Å²) in [5.41, 5.74) is 2.15. The van der Waals surface area contributed by atoms with Gasteiger partial charge < -0.3 is 5.32 Å². The SMILES string of the molecule is CC(CC(C)(C)c1ccccc1)NC(=O)c1ccc2c(c1)C(=O)N(C)C2=O. The molecule has 1 N–H and O–H groups in total. The van der Waals surface area contributed by atoms with Gasteiger partial charge in [-0.3, -0.25) is 19.3 Å². The molecule has 3 rings (SSSR count). The number of nitrogens with zero attached hydrogens (tertiary/aromatic N) is 1. The molecule has 0 aliphatic carbocycles. The van der Waals surface area contributed by atoms with E-state index in [4.69, 9.17) is 0 Å². The maximum absolute atomic E-state index is 12.6. The van der Waals surface area contributed by atoms with Crippen LogP contribution in [0.4, 0.5) is 0 Å². The Kier molecular flexibility index (Phi) is 4.87. The van der Waals surface area contributed by atoms with E-state index >= 15 is 0 Å². The number of benzene rings is 2. The molecule has 1 atom stereocenters. The van der Waals surface area contributed by atoms with E-state index in [0.717, 1.165) is 11.3 Å². The van der Waals surface area contributed by atoms with Crippen molar-refractivity contribution in [1.29, 1.82) is 0 Å². The zero-order valence-corrected chi connectivity index (χ0v) is 16.1. The molecule has 1 aliphatic rings. The largest absolute Gasteiger partial charge is 0.350 e. The average Bonchev–Trinajstić information content (AvgIpc) is 2.86. The Hall–Kier alpha value is -2.95. The zero-order valence-electron chi connectivity index (χ0n) is 16.1. The second-order valence-electron chi connectivity index (χ2n) is 7.76. The molecule has 27 heavy (non-hydrogen) atoms. The summed E-state index contributed by atoms with van der Waals surface area (Å²) in [5, 5.41) is 3.00. The predicted molar refractivity (Wildman–Crippen MR) is 104 cm³/mol. The van der Waals surface area contributed by atoms with E-state index in [1.54, 1.807) is 12.1 Å². The molecular formula is C22H24N2O3. The fourth-order valence-electron chi connectivity index (χ4n) is 3.63. The maximum atomic E-state index is 12.6. The van der Waals surface area contributed by atoms with Gasteiger partial charge in [0.05, 0.1) is 11.1 Å². The minimum absolute atomic E-state index is 0.0547. The van der Waals surface area contributed by atoms with E-state index in [2.05, 4.69) is 31.3 Å². The Balaban J connectivity index is 1.71. The monoisotopic (exact) mass is 364 g/mol. The van der Waals surface area contributed by atoms with E-state index in [1.807, 2.05) is 25.1 Å². The first kappa shape index (κ1) is 18.8. The van der Waals surface area contributed by atoms with Crippen LogP contribution in [0.5, 0.6) is 0 Å². The summed E-state index contributed by atoms with van der Waals surface area (Å²) in [6.45, 7) is 6.28. The lowest BCUT2D eigenvalue weighted by molar-refractivity contribution is 0.0693. The molecule has 3 amide bonds. The summed E-state index contributed by atoms with van der Waals surface area (Å²) in [4.78, 5) is 37.8. The lowest BCUT2D eigenvalue weighted by atomic mass is 9.79. The van der Waals surface area contributed by atoms with Crippen molar-refractivity contribution in [2.45, 2.75) is 38.6 Å². The highest BCUT2D eigenvalue weighted by Gasteiger charge is 2.33. The van der Waals surface area contributed by atoms with Gasteiger partial charge in [0.15, 0.2) is 0 Å². The molecule has 1 unspecified atom stereocenters. The van der Waals surface area contributed by atoms with Crippen molar-refractivity contribution in [3.05, 3.63) is 70.8 Å². The quantitative estimate of drug-likeness (QED) is 0.827. The van der Waals surface area contributed by atoms with E-state index < -0.39 is 0 Å². The van der Waals surface area contributed by atoms with Crippen LogP contribution >= 0.6 is 0 Å². The van der Waals surface area contributed by atoms with Crippen LogP contribution in [-0.4, -0.2) is 35.7 Å². The fraction of sp³-hybridized carbons (Fsp3) is 0.318. The molecule has 0 saturated carbocycles. The van der Waals surface area contributed by atoms with E-state index in [9.17, 15) is 14.4 Å². The van der Waals surface area contributed by atoms with Crippen molar-refractivity contribution >= 4 is 17.7 Å². The van der Waals surface area contributed by atoms with Gasteiger partial charge in [-0.05, 0) is 42.5 Å². The number of hydrogen-bond acceptors (Lipinski definition) is 3. The van der Waals surface area contributed by atoms with E-state index in [1.165, 1.54) is 18.7 Å². The molecule has 0 saturated heterocycles. The summed E-state index contributed by atoms with van der Waals surface area (Å²) in [6, 6.07) is 14.8. The van der Waals surface area contributed by atoms with Crippen molar-refractivity contribution in [3.63, 3.8) is 0 Å². The maximum Gasteiger partial charge on any atom is 0.261 e. The van der Waals surface area contributed by atoms with Crippen LogP contribution in [0.1, 0.15) is 63.8 Å². The molecule has 5 nitrogen and oxygen atoms in total. The Bertz CT molecular complexity index is 903. The molecule has 2 aromatic carbocycles. The van der Waals surface area contributed by atoms with Gasteiger partial charge in [-0.2, -0.15) is 0 Å². The fourth-order valence-corrected chi connectivity index (χ4v) is 3.63. The Labute approximate surface area is 159 Å². The van der Waals surface area contributed by atoms with Crippen LogP contribution in [0.3, 0.4) is 0 Å². The van der Waals surface area contributed by atoms with Gasteiger partial charge in [0.25, 0.3) is 17.7 Å². The van der Waals surface area contributed by atoms with E-state index in [-0.39, 0.29) is 34.7 Å². The van der Waals surface area contributed by atoms with Gasteiger partial charge in [0.1, 0.15) is 0 Å². The van der Waals surface area contributed by atoms with Crippen LogP contribution in [-0.2, 0) is 5.41 Å². The van der Waals surface area contributed by atoms with Crippen molar-refractivity contribution in [2.75, 3.05) is 7.05 Å². The minimum atomic E-state index is -0.372. The van der Waals surface area contributed by atoms with E-state index in [0.29, 0.717) is 11.1 Å². The Morgan fingerprint density at radius 2 is 1.67 bits per heavy atom. The van der Waals surface area contributed by atoms with Gasteiger partial charge in [-0.25, -0.2) is 0 Å². The van der Waals surface area contributed by atoms with Gasteiger partial charge in [0.2, 0.25) is 0 Å². The normalized spacial score (nSPS) is 14.9. The molecule has 0 aromatic heterocycles. The molecule has 140 valence electrons. The van der Waals surface area contributed by atoms with Crippen LogP contribution < -0.4 is 5.32 Å². The van der Waals surface area contributed by atoms with Gasteiger partial charge in [-0.1, -0.05) is 44.2 Å². The van der Waals surface area contributed by atoms with Crippen molar-refractivity contribution < 1.29 is 14.4 Å². The summed E-state index contributed by atoms with van der Waals surface area (Å²) in [6.07, 6.45) is 0.772. The van der Waals surface area contributed by atoms with Crippen LogP contribution in [0.15, 0.2) is 48.5 Å². The van der Waals surface area contributed by atoms with Crippen LogP contribution in [0, 0.1) is 0 Å². The number of carbonyl (C=O) groups excluding carboxylic acids is 3. The third-order valence-corrected chi connectivity index (χ3v) is 5.10. The number of imide groups is 1. The standard InChI is InChI=1S/C22H24N2O3/c1-14(13-22(2,3)16-8-6-5-7-9-16)23-19(25)15-10-11-17-18(12-15)21(27)24(4)20(17)26/h5-12,14H,13H2,1-4H3,(H,23,25). The average molecular weight is 364 g/mol. The molecule has 0 bridgehead atoms. The zero-order chi connectivity index (χ0) is 19.8. The molecule has 0 radical (unpaired) electrons. The number of amides is 3. The first-order valence-corrected chi connectivity index (χ1v) is 9.03. The third kappa shape index (κ3) is 3.63. The second-order valence-corrected chi connectivity index (χ2v) is 7.76. The van der Waals surface area contributed by atoms with Gasteiger partial charge in [0, 0.05) is 18.7 Å². The predicted octanol–water partition coefficient (Wildman–Crippen LogP) is 3.40. The van der Waals surface area contributed by atoms with Crippen LogP contribution in [0.2, 0.25) is 0 Å². The number of rotatable bonds is 5. The third-order valence-electron chi connectivity index (χ3n) is 5.10. The number of fused-ring (bicyclic) bond motifs is 1. The Morgan fingerprint density at radius 1 is 1.04 bits per heavy atom. The molecular weight excluding hydrogens is 340 g/mol. The number of nitrogens with one attached hydrogen (secondary N) is 1. The molecule has 0 fully saturated rings. The van der Waals surface area contributed by atoms with Crippen molar-refractivity contribution in [2.24, 2.45) is 0 Å². The molecule has 5 heteroatoms. The van der Waals surface area contributed by atoms with Gasteiger partial charge in [-0.15, -0.1) is 0 Å². The minimum Gasteiger partial charge on any atom is -0.350 e. The topological polar surface area (TPSA) is 66.5 Å². The summed E-state index contributed by atoms with van der Waals surface area (Å²) in [5.74, 6) is -0.952. The highest BCUT2D eigenvalue weighted by Crippen LogP contribution is 2.28. The lowest BCUT2D eigenvalue weighted by Gasteiger charge is -2.29. The summed E-state index contributed by atoms with van der Waals surface area (Å²) < 4.78 is 0. The van der Waals surface area contributed by atoms with Crippen molar-refractivity contribution in [3.8, 4) is 0 Å². The Morgan fingerprint density at radius 3 is 2.33 bits per heavy atom. The van der Waals surface area contributed by atoms with Crippen LogP contribution in [0.25, 0.3) is 0 Å². The number of hydrogen-bond donors (Lipinski definition) is 1. The first-order chi connectivity index (χ1) is 12.7. The van der Waals surface area contributed by atoms with Gasteiger partial charge >= 0.3 is 0 Å². The second kappa shape index (κ2) is 6.99. The lowest BCUT2D eigenvalue weighted by Crippen LogP contribution is -2.37. The molecule has 1 heterocycles. The molecule has 0 spiro atoms. The van der Waals surface area contributed by atoms with Crippen molar-refractivity contribution in [1.82, 2.24) is 10.2 Å². The molecule has 2 aromatic rings. The summed E-state index contributed by atoms with van der Waals surface area (Å²) in [7, 11) is 1.44. The first-order valence-electron chi connectivity index (χ1n) is 9.03. The number of carbonyl (C=O) groups is 3. The smallest absolute Gasteiger partial charge is 0.261 e. The highest BCUT2D eigenvalue weighted by molar-refractivity contribution is 6.21. The highest BCUT2D eigenvalue weighted by atomic mass is 16.2. The summed E-state index contributed by atoms with van der Waals surface area (Å²) >= 11 is 0.